The van der Waals surface area contributed by atoms with Crippen LogP contribution in [-0.2, 0) is 0 Å². The predicted octanol–water partition coefficient (Wildman–Crippen LogP) is 5.76. The summed E-state index contributed by atoms with van der Waals surface area (Å²) in [6.45, 7) is 15.6. The van der Waals surface area contributed by atoms with E-state index in [4.69, 9.17) is 0 Å². The van der Waals surface area contributed by atoms with Crippen LogP contribution in [-0.4, -0.2) is 35.6 Å². The van der Waals surface area contributed by atoms with E-state index in [1.54, 1.807) is 0 Å². The van der Waals surface area contributed by atoms with Crippen molar-refractivity contribution in [3.8, 4) is 0 Å². The molecule has 0 aromatic rings. The quantitative estimate of drug-likeness (QED) is 0.459. The van der Waals surface area contributed by atoms with Gasteiger partial charge in [-0.3, -0.25) is 4.90 Å². The Bertz CT molecular complexity index is 288. The Kier molecular flexibility index (Phi) is 9.77. The van der Waals surface area contributed by atoms with Crippen molar-refractivity contribution in [1.82, 2.24) is 10.2 Å². The van der Waals surface area contributed by atoms with Gasteiger partial charge in [-0.1, -0.05) is 72.1 Å². The first-order valence-electron chi connectivity index (χ1n) is 10.5. The van der Waals surface area contributed by atoms with Gasteiger partial charge < -0.3 is 5.32 Å². The van der Waals surface area contributed by atoms with Crippen LogP contribution in [0.3, 0.4) is 0 Å². The van der Waals surface area contributed by atoms with Gasteiger partial charge in [0.05, 0.1) is 0 Å². The molecule has 0 aromatic heterocycles. The highest BCUT2D eigenvalue weighted by molar-refractivity contribution is 5.09. The van der Waals surface area contributed by atoms with Gasteiger partial charge >= 0.3 is 0 Å². The molecule has 1 saturated heterocycles. The number of hydrogen-bond donors (Lipinski definition) is 1. The third-order valence-corrected chi connectivity index (χ3v) is 6.14. The smallest absolute Gasteiger partial charge is 0.0386 e. The van der Waals surface area contributed by atoms with Gasteiger partial charge in [0.2, 0.25) is 0 Å². The van der Waals surface area contributed by atoms with Gasteiger partial charge in [0.15, 0.2) is 0 Å². The third kappa shape index (κ3) is 5.74. The SMILES string of the molecule is CCCCCN1CCNC(C)(C)C1(CCCCC)CCCCC. The molecule has 0 aromatic carbocycles. The lowest BCUT2D eigenvalue weighted by Gasteiger charge is -2.58. The van der Waals surface area contributed by atoms with Gasteiger partial charge in [0, 0.05) is 24.2 Å². The van der Waals surface area contributed by atoms with E-state index >= 15 is 0 Å². The molecule has 2 heteroatoms. The molecule has 0 amide bonds. The molecule has 0 aliphatic carbocycles. The molecule has 1 rings (SSSR count). The maximum atomic E-state index is 3.88. The van der Waals surface area contributed by atoms with E-state index in [1.165, 1.54) is 83.7 Å². The van der Waals surface area contributed by atoms with E-state index in [9.17, 15) is 0 Å². The lowest BCUT2D eigenvalue weighted by molar-refractivity contribution is -0.0379. The Balaban J connectivity index is 2.90. The molecule has 1 N–H and O–H groups in total. The van der Waals surface area contributed by atoms with Crippen molar-refractivity contribution in [3.05, 3.63) is 0 Å². The molecular weight excluding hydrogens is 280 g/mol. The summed E-state index contributed by atoms with van der Waals surface area (Å²) in [5.74, 6) is 0. The number of piperazine rings is 1. The van der Waals surface area contributed by atoms with Crippen LogP contribution in [0.1, 0.15) is 105 Å². The van der Waals surface area contributed by atoms with E-state index in [1.807, 2.05) is 0 Å². The Labute approximate surface area is 146 Å². The van der Waals surface area contributed by atoms with Gasteiger partial charge in [0.1, 0.15) is 0 Å². The number of unbranched alkanes of at least 4 members (excludes halogenated alkanes) is 6. The number of nitrogens with one attached hydrogen (secondary N) is 1. The summed E-state index contributed by atoms with van der Waals surface area (Å²) < 4.78 is 0. The fraction of sp³-hybridized carbons (Fsp3) is 1.00. The fourth-order valence-electron chi connectivity index (χ4n) is 4.56. The lowest BCUT2D eigenvalue weighted by atomic mass is 9.69. The fourth-order valence-corrected chi connectivity index (χ4v) is 4.56. The normalized spacial score (nSPS) is 20.7. The topological polar surface area (TPSA) is 15.3 Å². The number of hydrogen-bond acceptors (Lipinski definition) is 2. The predicted molar refractivity (Wildman–Crippen MR) is 104 cm³/mol. The maximum Gasteiger partial charge on any atom is 0.0386 e. The highest BCUT2D eigenvalue weighted by Gasteiger charge is 2.49. The number of nitrogens with zero attached hydrogens (tertiary/aromatic N) is 1. The van der Waals surface area contributed by atoms with Crippen molar-refractivity contribution in [2.75, 3.05) is 19.6 Å². The molecule has 1 aliphatic rings. The van der Waals surface area contributed by atoms with Gasteiger partial charge in [-0.05, 0) is 39.7 Å². The van der Waals surface area contributed by atoms with E-state index in [0.29, 0.717) is 5.54 Å². The van der Waals surface area contributed by atoms with Crippen LogP contribution in [0.4, 0.5) is 0 Å². The first-order valence-corrected chi connectivity index (χ1v) is 10.5. The van der Waals surface area contributed by atoms with Gasteiger partial charge in [-0.15, -0.1) is 0 Å². The van der Waals surface area contributed by atoms with Crippen LogP contribution in [0, 0.1) is 0 Å². The largest absolute Gasteiger partial charge is 0.309 e. The molecule has 0 radical (unpaired) electrons. The zero-order valence-electron chi connectivity index (χ0n) is 16.8. The zero-order valence-corrected chi connectivity index (χ0v) is 16.8. The zero-order chi connectivity index (χ0) is 17.2. The summed E-state index contributed by atoms with van der Waals surface area (Å²) in [6.07, 6.45) is 15.0. The Morgan fingerprint density at radius 3 is 1.83 bits per heavy atom. The van der Waals surface area contributed by atoms with Crippen molar-refractivity contribution >= 4 is 0 Å². The highest BCUT2D eigenvalue weighted by Crippen LogP contribution is 2.40. The Morgan fingerprint density at radius 2 is 1.30 bits per heavy atom. The van der Waals surface area contributed by atoms with E-state index in [-0.39, 0.29) is 5.54 Å². The van der Waals surface area contributed by atoms with Crippen molar-refractivity contribution < 1.29 is 0 Å². The van der Waals surface area contributed by atoms with Gasteiger partial charge in [-0.25, -0.2) is 0 Å². The molecule has 0 unspecified atom stereocenters. The molecular formula is C21H44N2. The number of rotatable bonds is 12. The summed E-state index contributed by atoms with van der Waals surface area (Å²) >= 11 is 0. The minimum Gasteiger partial charge on any atom is -0.309 e. The summed E-state index contributed by atoms with van der Waals surface area (Å²) in [5, 5.41) is 3.88. The van der Waals surface area contributed by atoms with Crippen molar-refractivity contribution in [1.29, 1.82) is 0 Å². The molecule has 23 heavy (non-hydrogen) atoms. The highest BCUT2D eigenvalue weighted by atomic mass is 15.3. The minimum atomic E-state index is 0.235. The molecule has 0 saturated carbocycles. The second-order valence-corrected chi connectivity index (χ2v) is 8.19. The van der Waals surface area contributed by atoms with Gasteiger partial charge in [-0.2, -0.15) is 0 Å². The van der Waals surface area contributed by atoms with Gasteiger partial charge in [0.25, 0.3) is 0 Å². The standard InChI is InChI=1S/C21H44N2/c1-6-9-12-15-21(16-13-10-7-2)20(4,5)22-17-19-23(21)18-14-11-8-3/h22H,6-19H2,1-5H3. The molecule has 1 heterocycles. The summed E-state index contributed by atoms with van der Waals surface area (Å²) in [6, 6.07) is 0. The van der Waals surface area contributed by atoms with E-state index < -0.39 is 0 Å². The summed E-state index contributed by atoms with van der Waals surface area (Å²) in [7, 11) is 0. The average molecular weight is 325 g/mol. The lowest BCUT2D eigenvalue weighted by Crippen LogP contribution is -2.72. The molecule has 0 spiro atoms. The Hall–Kier alpha value is -0.0800. The third-order valence-electron chi connectivity index (χ3n) is 6.14. The summed E-state index contributed by atoms with van der Waals surface area (Å²) in [5.41, 5.74) is 0.599. The molecule has 1 aliphatic heterocycles. The van der Waals surface area contributed by atoms with Crippen LogP contribution in [0.25, 0.3) is 0 Å². The maximum absolute atomic E-state index is 3.88. The molecule has 1 fully saturated rings. The average Bonchev–Trinajstić information content (AvgIpc) is 2.51. The molecule has 138 valence electrons. The Morgan fingerprint density at radius 1 is 0.783 bits per heavy atom. The van der Waals surface area contributed by atoms with Crippen LogP contribution in [0.2, 0.25) is 0 Å². The van der Waals surface area contributed by atoms with Crippen molar-refractivity contribution in [2.24, 2.45) is 0 Å². The molecule has 0 bridgehead atoms. The van der Waals surface area contributed by atoms with Crippen molar-refractivity contribution in [2.45, 2.75) is 116 Å². The monoisotopic (exact) mass is 324 g/mol. The molecule has 0 atom stereocenters. The van der Waals surface area contributed by atoms with Crippen LogP contribution in [0.5, 0.6) is 0 Å². The second-order valence-electron chi connectivity index (χ2n) is 8.19. The van der Waals surface area contributed by atoms with E-state index in [0.717, 1.165) is 6.54 Å². The van der Waals surface area contributed by atoms with E-state index in [2.05, 4.69) is 44.8 Å². The van der Waals surface area contributed by atoms with Crippen LogP contribution < -0.4 is 5.32 Å². The molecule has 2 nitrogen and oxygen atoms in total. The summed E-state index contributed by atoms with van der Waals surface area (Å²) in [4.78, 5) is 2.89. The first-order chi connectivity index (χ1) is 11.0. The van der Waals surface area contributed by atoms with Crippen LogP contribution >= 0.6 is 0 Å². The minimum absolute atomic E-state index is 0.235. The second kappa shape index (κ2) is 10.7. The van der Waals surface area contributed by atoms with Crippen LogP contribution in [0.15, 0.2) is 0 Å². The first kappa shape index (κ1) is 21.0. The van der Waals surface area contributed by atoms with Crippen molar-refractivity contribution in [3.63, 3.8) is 0 Å².